The van der Waals surface area contributed by atoms with Crippen molar-refractivity contribution in [3.63, 3.8) is 0 Å². The van der Waals surface area contributed by atoms with Crippen LogP contribution in [0.3, 0.4) is 0 Å². The van der Waals surface area contributed by atoms with Gasteiger partial charge in [0.15, 0.2) is 0 Å². The Morgan fingerprint density at radius 1 is 1.11 bits per heavy atom. The van der Waals surface area contributed by atoms with Crippen LogP contribution in [0.4, 0.5) is 0 Å². The second kappa shape index (κ2) is 6.58. The van der Waals surface area contributed by atoms with Crippen LogP contribution in [0.25, 0.3) is 0 Å². The normalized spacial score (nSPS) is 26.6. The van der Waals surface area contributed by atoms with Crippen LogP contribution < -0.4 is 5.32 Å². The number of benzene rings is 1. The number of halogens is 1. The minimum atomic E-state index is 0.417. The summed E-state index contributed by atoms with van der Waals surface area (Å²) in [6.45, 7) is 4.63. The summed E-state index contributed by atoms with van der Waals surface area (Å²) in [6.07, 6.45) is 6.77. The smallest absolute Gasteiger partial charge is 0.0406 e. The van der Waals surface area contributed by atoms with Crippen molar-refractivity contribution in [2.45, 2.75) is 58.0 Å². The average Bonchev–Trinajstić information content (AvgIpc) is 2.55. The molecular formula is C16H24ClN. The summed E-state index contributed by atoms with van der Waals surface area (Å²) in [5.41, 5.74) is 1.33. The molecule has 1 aliphatic carbocycles. The monoisotopic (exact) mass is 265 g/mol. The molecule has 1 aliphatic rings. The molecule has 2 heteroatoms. The fourth-order valence-electron chi connectivity index (χ4n) is 2.85. The van der Waals surface area contributed by atoms with Crippen LogP contribution in [0.5, 0.6) is 0 Å². The highest BCUT2D eigenvalue weighted by atomic mass is 35.5. The summed E-state index contributed by atoms with van der Waals surface area (Å²) in [5, 5.41) is 4.59. The first-order valence-electron chi connectivity index (χ1n) is 7.16. The molecule has 1 aromatic rings. The average molecular weight is 266 g/mol. The molecule has 0 aliphatic heterocycles. The maximum atomic E-state index is 5.93. The lowest BCUT2D eigenvalue weighted by atomic mass is 10.0. The van der Waals surface area contributed by atoms with Crippen LogP contribution in [0.1, 0.15) is 57.6 Å². The molecule has 0 amide bonds. The molecule has 0 saturated heterocycles. The predicted octanol–water partition coefficient (Wildman–Crippen LogP) is 4.96. The Morgan fingerprint density at radius 2 is 1.83 bits per heavy atom. The molecule has 1 aromatic carbocycles. The highest BCUT2D eigenvalue weighted by Crippen LogP contribution is 2.25. The van der Waals surface area contributed by atoms with Gasteiger partial charge in [0.2, 0.25) is 0 Å². The molecule has 100 valence electrons. The van der Waals surface area contributed by atoms with Gasteiger partial charge < -0.3 is 5.32 Å². The SMILES string of the molecule is CC1CCCC(NC(C)c2ccc(Cl)cc2)CC1. The van der Waals surface area contributed by atoms with Gasteiger partial charge in [-0.1, -0.05) is 43.5 Å². The second-order valence-electron chi connectivity index (χ2n) is 5.75. The van der Waals surface area contributed by atoms with Gasteiger partial charge in [0.1, 0.15) is 0 Å². The largest absolute Gasteiger partial charge is 0.307 e. The van der Waals surface area contributed by atoms with Gasteiger partial charge in [-0.3, -0.25) is 0 Å². The first-order valence-corrected chi connectivity index (χ1v) is 7.54. The Hall–Kier alpha value is -0.530. The summed E-state index contributed by atoms with van der Waals surface area (Å²) < 4.78 is 0. The third-order valence-electron chi connectivity index (χ3n) is 4.11. The van der Waals surface area contributed by atoms with E-state index in [0.29, 0.717) is 12.1 Å². The third kappa shape index (κ3) is 4.00. The standard InChI is InChI=1S/C16H24ClN/c1-12-4-3-5-16(11-6-12)18-13(2)14-7-9-15(17)10-8-14/h7-10,12-13,16,18H,3-6,11H2,1-2H3. The maximum Gasteiger partial charge on any atom is 0.0406 e. The Labute approximate surface area is 116 Å². The van der Waals surface area contributed by atoms with E-state index in [-0.39, 0.29) is 0 Å². The molecule has 0 bridgehead atoms. The van der Waals surface area contributed by atoms with Crippen molar-refractivity contribution in [1.29, 1.82) is 0 Å². The Balaban J connectivity index is 1.90. The minimum Gasteiger partial charge on any atom is -0.307 e. The predicted molar refractivity (Wildman–Crippen MR) is 79.0 cm³/mol. The Kier molecular flexibility index (Phi) is 5.08. The molecule has 0 heterocycles. The number of nitrogens with one attached hydrogen (secondary N) is 1. The van der Waals surface area contributed by atoms with E-state index in [0.717, 1.165) is 10.9 Å². The lowest BCUT2D eigenvalue weighted by Gasteiger charge is -2.22. The van der Waals surface area contributed by atoms with Gasteiger partial charge in [-0.15, -0.1) is 0 Å². The van der Waals surface area contributed by atoms with Crippen LogP contribution in [-0.4, -0.2) is 6.04 Å². The zero-order chi connectivity index (χ0) is 13.0. The summed E-state index contributed by atoms with van der Waals surface area (Å²) in [4.78, 5) is 0. The topological polar surface area (TPSA) is 12.0 Å². The molecular weight excluding hydrogens is 242 g/mol. The Bertz CT molecular complexity index is 360. The van der Waals surface area contributed by atoms with Crippen molar-refractivity contribution in [2.75, 3.05) is 0 Å². The fraction of sp³-hybridized carbons (Fsp3) is 0.625. The second-order valence-corrected chi connectivity index (χ2v) is 6.19. The van der Waals surface area contributed by atoms with E-state index in [1.807, 2.05) is 12.1 Å². The van der Waals surface area contributed by atoms with Gasteiger partial charge >= 0.3 is 0 Å². The van der Waals surface area contributed by atoms with Crippen molar-refractivity contribution in [1.82, 2.24) is 5.32 Å². The van der Waals surface area contributed by atoms with Crippen molar-refractivity contribution >= 4 is 11.6 Å². The summed E-state index contributed by atoms with van der Waals surface area (Å²) in [5.74, 6) is 0.905. The maximum absolute atomic E-state index is 5.93. The molecule has 3 atom stereocenters. The summed E-state index contributed by atoms with van der Waals surface area (Å²) in [7, 11) is 0. The van der Waals surface area contributed by atoms with Crippen LogP contribution in [0, 0.1) is 5.92 Å². The fourth-order valence-corrected chi connectivity index (χ4v) is 2.98. The van der Waals surface area contributed by atoms with E-state index in [1.54, 1.807) is 0 Å². The molecule has 0 spiro atoms. The van der Waals surface area contributed by atoms with Crippen molar-refractivity contribution in [3.8, 4) is 0 Å². The van der Waals surface area contributed by atoms with Gasteiger partial charge in [0.25, 0.3) is 0 Å². The van der Waals surface area contributed by atoms with Gasteiger partial charge in [-0.25, -0.2) is 0 Å². The lowest BCUT2D eigenvalue weighted by Crippen LogP contribution is -2.31. The Morgan fingerprint density at radius 3 is 2.56 bits per heavy atom. The molecule has 0 aromatic heterocycles. The molecule has 3 unspecified atom stereocenters. The summed E-state index contributed by atoms with van der Waals surface area (Å²) in [6, 6.07) is 9.30. The number of rotatable bonds is 3. The van der Waals surface area contributed by atoms with Crippen LogP contribution in [0.2, 0.25) is 5.02 Å². The van der Waals surface area contributed by atoms with E-state index in [4.69, 9.17) is 11.6 Å². The van der Waals surface area contributed by atoms with E-state index in [1.165, 1.54) is 37.7 Å². The van der Waals surface area contributed by atoms with Crippen molar-refractivity contribution in [2.24, 2.45) is 5.92 Å². The molecule has 1 fully saturated rings. The van der Waals surface area contributed by atoms with Crippen molar-refractivity contribution < 1.29 is 0 Å². The van der Waals surface area contributed by atoms with Gasteiger partial charge in [0.05, 0.1) is 0 Å². The van der Waals surface area contributed by atoms with E-state index < -0.39 is 0 Å². The zero-order valence-corrected chi connectivity index (χ0v) is 12.2. The molecule has 18 heavy (non-hydrogen) atoms. The van der Waals surface area contributed by atoms with Crippen LogP contribution in [-0.2, 0) is 0 Å². The van der Waals surface area contributed by atoms with E-state index >= 15 is 0 Å². The van der Waals surface area contributed by atoms with Crippen LogP contribution >= 0.6 is 11.6 Å². The lowest BCUT2D eigenvalue weighted by molar-refractivity contribution is 0.408. The quantitative estimate of drug-likeness (QED) is 0.762. The minimum absolute atomic E-state index is 0.417. The van der Waals surface area contributed by atoms with Gasteiger partial charge in [-0.05, 0) is 49.8 Å². The molecule has 1 saturated carbocycles. The van der Waals surface area contributed by atoms with E-state index in [2.05, 4.69) is 31.3 Å². The highest BCUT2D eigenvalue weighted by molar-refractivity contribution is 6.30. The van der Waals surface area contributed by atoms with Crippen LogP contribution in [0.15, 0.2) is 24.3 Å². The molecule has 0 radical (unpaired) electrons. The molecule has 2 rings (SSSR count). The first kappa shape index (κ1) is 13.9. The van der Waals surface area contributed by atoms with E-state index in [9.17, 15) is 0 Å². The molecule has 1 nitrogen and oxygen atoms in total. The van der Waals surface area contributed by atoms with Gasteiger partial charge in [0, 0.05) is 17.1 Å². The highest BCUT2D eigenvalue weighted by Gasteiger charge is 2.18. The third-order valence-corrected chi connectivity index (χ3v) is 4.37. The van der Waals surface area contributed by atoms with Crippen molar-refractivity contribution in [3.05, 3.63) is 34.9 Å². The number of hydrogen-bond acceptors (Lipinski definition) is 1. The summed E-state index contributed by atoms with van der Waals surface area (Å²) >= 11 is 5.93. The number of hydrogen-bond donors (Lipinski definition) is 1. The first-order chi connectivity index (χ1) is 8.65. The van der Waals surface area contributed by atoms with Gasteiger partial charge in [-0.2, -0.15) is 0 Å². The zero-order valence-electron chi connectivity index (χ0n) is 11.5. The molecule has 1 N–H and O–H groups in total.